The molecule has 0 bridgehead atoms. The molecule has 2 aliphatic heterocycles. The Morgan fingerprint density at radius 2 is 1.18 bits per heavy atom. The van der Waals surface area contributed by atoms with Gasteiger partial charge >= 0.3 is 0 Å². The molecule has 2 atom stereocenters. The second-order valence-electron chi connectivity index (χ2n) is 9.35. The molecule has 190 valence electrons. The third-order valence-electron chi connectivity index (χ3n) is 6.90. The number of ether oxygens (including phenoxy) is 2. The van der Waals surface area contributed by atoms with Gasteiger partial charge in [-0.15, -0.1) is 0 Å². The molecule has 0 unspecified atom stereocenters. The van der Waals surface area contributed by atoms with Crippen molar-refractivity contribution in [1.82, 2.24) is 0 Å². The molecule has 0 amide bonds. The first kappa shape index (κ1) is 23.4. The van der Waals surface area contributed by atoms with Crippen molar-refractivity contribution in [3.63, 3.8) is 0 Å². The number of hydrogen-bond acceptors (Lipinski definition) is 8. The number of rotatable bonds is 3. The first-order chi connectivity index (χ1) is 18.3. The quantitative estimate of drug-likeness (QED) is 0.280. The Labute approximate surface area is 217 Å². The van der Waals surface area contributed by atoms with E-state index in [0.29, 0.717) is 16.7 Å². The largest absolute Gasteiger partial charge is 0.508 e. The number of carbonyl (C=O) groups is 2. The number of carbonyl (C=O) groups excluding carboxylic acids is 2. The SMILES string of the molecule is O=C1C[C@@H](c2ccc(O)c(-c3c(O)ccc4c3O[C@@H](c3ccc(O)cc3)CC4=O)c2)Oc2cc(O)ccc21. The van der Waals surface area contributed by atoms with Gasteiger partial charge in [-0.05, 0) is 59.7 Å². The first-order valence-electron chi connectivity index (χ1n) is 12.0. The Bertz CT molecular complexity index is 1610. The van der Waals surface area contributed by atoms with Crippen LogP contribution in [0.5, 0.6) is 34.5 Å². The van der Waals surface area contributed by atoms with Gasteiger partial charge in [0, 0.05) is 11.6 Å². The Morgan fingerprint density at radius 1 is 0.579 bits per heavy atom. The van der Waals surface area contributed by atoms with Crippen molar-refractivity contribution in [3.05, 3.63) is 95.1 Å². The minimum absolute atomic E-state index is 0.0329. The van der Waals surface area contributed by atoms with E-state index in [2.05, 4.69) is 0 Å². The van der Waals surface area contributed by atoms with Crippen LogP contribution in [0, 0.1) is 0 Å². The fourth-order valence-corrected chi connectivity index (χ4v) is 4.96. The van der Waals surface area contributed by atoms with Gasteiger partial charge in [0.05, 0.1) is 29.5 Å². The van der Waals surface area contributed by atoms with Gasteiger partial charge < -0.3 is 29.9 Å². The third-order valence-corrected chi connectivity index (χ3v) is 6.90. The highest BCUT2D eigenvalue weighted by molar-refractivity contribution is 6.03. The fourth-order valence-electron chi connectivity index (χ4n) is 4.96. The summed E-state index contributed by atoms with van der Waals surface area (Å²) >= 11 is 0. The molecule has 0 radical (unpaired) electrons. The summed E-state index contributed by atoms with van der Waals surface area (Å²) in [7, 11) is 0. The van der Waals surface area contributed by atoms with Crippen LogP contribution < -0.4 is 9.47 Å². The second kappa shape index (κ2) is 8.85. The number of fused-ring (bicyclic) bond motifs is 2. The van der Waals surface area contributed by atoms with Crippen LogP contribution >= 0.6 is 0 Å². The van der Waals surface area contributed by atoms with Crippen molar-refractivity contribution in [1.29, 1.82) is 0 Å². The van der Waals surface area contributed by atoms with E-state index in [0.717, 1.165) is 0 Å². The smallest absolute Gasteiger partial charge is 0.170 e. The van der Waals surface area contributed by atoms with Gasteiger partial charge in [-0.1, -0.05) is 18.2 Å². The lowest BCUT2D eigenvalue weighted by Gasteiger charge is -2.29. The van der Waals surface area contributed by atoms with Crippen LogP contribution in [-0.4, -0.2) is 32.0 Å². The summed E-state index contributed by atoms with van der Waals surface area (Å²) < 4.78 is 12.2. The maximum atomic E-state index is 13.1. The molecule has 0 fully saturated rings. The Morgan fingerprint density at radius 3 is 1.95 bits per heavy atom. The topological polar surface area (TPSA) is 134 Å². The molecule has 8 heteroatoms. The average molecular weight is 510 g/mol. The van der Waals surface area contributed by atoms with E-state index in [1.54, 1.807) is 24.3 Å². The number of hydrogen-bond donors (Lipinski definition) is 4. The molecule has 6 rings (SSSR count). The molecular weight excluding hydrogens is 488 g/mol. The molecule has 8 nitrogen and oxygen atoms in total. The third kappa shape index (κ3) is 3.96. The molecule has 0 saturated carbocycles. The first-order valence-corrected chi connectivity index (χ1v) is 12.0. The Kier molecular flexibility index (Phi) is 5.45. The molecule has 2 aliphatic rings. The maximum absolute atomic E-state index is 13.1. The lowest BCUT2D eigenvalue weighted by molar-refractivity contribution is 0.0839. The van der Waals surface area contributed by atoms with Crippen LogP contribution in [0.4, 0.5) is 0 Å². The van der Waals surface area contributed by atoms with Crippen molar-refractivity contribution >= 4 is 11.6 Å². The molecule has 0 aromatic heterocycles. The summed E-state index contributed by atoms with van der Waals surface area (Å²) in [5.41, 5.74) is 2.21. The standard InChI is InChI=1S/C30H22O8/c31-17-4-1-15(2-5-17)26-14-25(36)20-8-10-23(34)29(30(20)38-26)21-11-16(3-9-22(21)33)27-13-24(35)19-7-6-18(32)12-28(19)37-27/h1-12,26-27,31-34H,13-14H2/t26-,27+/m1/s1. The van der Waals surface area contributed by atoms with E-state index in [4.69, 9.17) is 9.47 Å². The summed E-state index contributed by atoms with van der Waals surface area (Å²) in [6.45, 7) is 0. The predicted octanol–water partition coefficient (Wildman–Crippen LogP) is 5.59. The van der Waals surface area contributed by atoms with Crippen LogP contribution in [0.3, 0.4) is 0 Å². The number of phenols is 4. The molecule has 4 N–H and O–H groups in total. The van der Waals surface area contributed by atoms with Crippen molar-refractivity contribution in [2.45, 2.75) is 25.0 Å². The van der Waals surface area contributed by atoms with Gasteiger partial charge in [-0.2, -0.15) is 0 Å². The van der Waals surface area contributed by atoms with Gasteiger partial charge in [0.2, 0.25) is 0 Å². The van der Waals surface area contributed by atoms with E-state index in [1.807, 2.05) is 0 Å². The van der Waals surface area contributed by atoms with Crippen LogP contribution in [0.1, 0.15) is 56.9 Å². The lowest BCUT2D eigenvalue weighted by Crippen LogP contribution is -2.21. The Hall–Kier alpha value is -4.98. The second-order valence-corrected chi connectivity index (χ2v) is 9.35. The van der Waals surface area contributed by atoms with Crippen LogP contribution in [-0.2, 0) is 0 Å². The minimum atomic E-state index is -0.704. The zero-order valence-corrected chi connectivity index (χ0v) is 19.9. The summed E-state index contributed by atoms with van der Waals surface area (Å²) in [4.78, 5) is 25.8. The normalized spacial score (nSPS) is 18.2. The summed E-state index contributed by atoms with van der Waals surface area (Å²) in [5.74, 6) is -0.289. The van der Waals surface area contributed by atoms with Crippen molar-refractivity contribution < 1.29 is 39.5 Å². The van der Waals surface area contributed by atoms with Crippen molar-refractivity contribution in [3.8, 4) is 45.6 Å². The van der Waals surface area contributed by atoms with Crippen LogP contribution in [0.15, 0.2) is 72.8 Å². The lowest BCUT2D eigenvalue weighted by atomic mass is 9.90. The summed E-state index contributed by atoms with van der Waals surface area (Å²) in [5, 5.41) is 41.2. The zero-order chi connectivity index (χ0) is 26.6. The molecule has 0 saturated heterocycles. The van der Waals surface area contributed by atoms with Gasteiger partial charge in [0.1, 0.15) is 46.7 Å². The zero-order valence-electron chi connectivity index (χ0n) is 19.9. The van der Waals surface area contributed by atoms with Gasteiger partial charge in [-0.3, -0.25) is 9.59 Å². The molecule has 38 heavy (non-hydrogen) atoms. The summed E-state index contributed by atoms with van der Waals surface area (Å²) in [6.07, 6.45) is -1.26. The highest BCUT2D eigenvalue weighted by atomic mass is 16.5. The van der Waals surface area contributed by atoms with Gasteiger partial charge in [-0.25, -0.2) is 0 Å². The molecule has 4 aromatic carbocycles. The Balaban J connectivity index is 1.42. The minimum Gasteiger partial charge on any atom is -0.508 e. The molecule has 0 spiro atoms. The molecule has 4 aromatic rings. The predicted molar refractivity (Wildman–Crippen MR) is 136 cm³/mol. The molecular formula is C30H22O8. The fraction of sp³-hybridized carbons (Fsp3) is 0.133. The van der Waals surface area contributed by atoms with E-state index in [-0.39, 0.29) is 75.6 Å². The van der Waals surface area contributed by atoms with Crippen LogP contribution in [0.2, 0.25) is 0 Å². The molecule has 2 heterocycles. The highest BCUT2D eigenvalue weighted by Gasteiger charge is 2.33. The van der Waals surface area contributed by atoms with Crippen LogP contribution in [0.25, 0.3) is 11.1 Å². The highest BCUT2D eigenvalue weighted by Crippen LogP contribution is 2.49. The number of phenolic OH excluding ortho intramolecular Hbond substituents is 4. The number of aromatic hydroxyl groups is 4. The maximum Gasteiger partial charge on any atom is 0.170 e. The van der Waals surface area contributed by atoms with Gasteiger partial charge in [0.15, 0.2) is 11.6 Å². The number of ketones is 2. The van der Waals surface area contributed by atoms with Crippen molar-refractivity contribution in [2.75, 3.05) is 0 Å². The number of Topliss-reactive ketones (excluding diaryl/α,β-unsaturated/α-hetero) is 2. The molecule has 0 aliphatic carbocycles. The van der Waals surface area contributed by atoms with Crippen molar-refractivity contribution in [2.24, 2.45) is 0 Å². The van der Waals surface area contributed by atoms with E-state index in [1.165, 1.54) is 48.5 Å². The number of benzene rings is 4. The summed E-state index contributed by atoms with van der Waals surface area (Å²) in [6, 6.07) is 18.1. The van der Waals surface area contributed by atoms with Gasteiger partial charge in [0.25, 0.3) is 0 Å². The average Bonchev–Trinajstić information content (AvgIpc) is 2.89. The van der Waals surface area contributed by atoms with E-state index >= 15 is 0 Å². The monoisotopic (exact) mass is 510 g/mol. The van der Waals surface area contributed by atoms with E-state index < -0.39 is 12.2 Å². The van der Waals surface area contributed by atoms with E-state index in [9.17, 15) is 30.0 Å².